The minimum absolute atomic E-state index is 0.0781. The Labute approximate surface area is 114 Å². The second kappa shape index (κ2) is 5.38. The van der Waals surface area contributed by atoms with Crippen LogP contribution in [0.4, 0.5) is 0 Å². The maximum Gasteiger partial charge on any atom is 0.0931 e. The molecule has 0 radical (unpaired) electrons. The van der Waals surface area contributed by atoms with Crippen molar-refractivity contribution in [3.05, 3.63) is 55.7 Å². The Morgan fingerprint density at radius 3 is 2.53 bits per heavy atom. The standard InChI is InChI=1S/C12H12Cl2N2S/c1-7-2-3-8(6-9(7)13)12(16-15)10-4-5-11(14)17-10/h2-6,12,16H,15H2,1H3. The van der Waals surface area contributed by atoms with E-state index in [0.29, 0.717) is 0 Å². The maximum atomic E-state index is 6.12. The number of halogens is 2. The van der Waals surface area contributed by atoms with Gasteiger partial charge in [-0.1, -0.05) is 35.3 Å². The van der Waals surface area contributed by atoms with Crippen molar-refractivity contribution < 1.29 is 0 Å². The number of nitrogens with one attached hydrogen (secondary N) is 1. The van der Waals surface area contributed by atoms with Crippen LogP contribution in [0.15, 0.2) is 30.3 Å². The van der Waals surface area contributed by atoms with Gasteiger partial charge in [-0.25, -0.2) is 5.43 Å². The molecule has 0 saturated carbocycles. The molecule has 0 aliphatic carbocycles. The number of hydrazine groups is 1. The topological polar surface area (TPSA) is 38.0 Å². The van der Waals surface area contributed by atoms with Crippen LogP contribution in [-0.4, -0.2) is 0 Å². The van der Waals surface area contributed by atoms with Gasteiger partial charge in [0.1, 0.15) is 0 Å². The maximum absolute atomic E-state index is 6.12. The third kappa shape index (κ3) is 2.81. The van der Waals surface area contributed by atoms with Crippen molar-refractivity contribution in [2.45, 2.75) is 13.0 Å². The number of thiophene rings is 1. The predicted molar refractivity (Wildman–Crippen MR) is 74.7 cm³/mol. The fourth-order valence-electron chi connectivity index (χ4n) is 1.61. The van der Waals surface area contributed by atoms with Gasteiger partial charge in [0.15, 0.2) is 0 Å². The van der Waals surface area contributed by atoms with Crippen molar-refractivity contribution in [1.29, 1.82) is 0 Å². The van der Waals surface area contributed by atoms with Crippen LogP contribution in [-0.2, 0) is 0 Å². The lowest BCUT2D eigenvalue weighted by molar-refractivity contribution is 0.646. The highest BCUT2D eigenvalue weighted by molar-refractivity contribution is 7.16. The first-order valence-electron chi connectivity index (χ1n) is 5.09. The predicted octanol–water partition coefficient (Wildman–Crippen LogP) is 3.92. The van der Waals surface area contributed by atoms with Crippen molar-refractivity contribution in [3.63, 3.8) is 0 Å². The van der Waals surface area contributed by atoms with E-state index in [4.69, 9.17) is 29.0 Å². The number of nitrogens with two attached hydrogens (primary N) is 1. The van der Waals surface area contributed by atoms with Crippen LogP contribution in [0.1, 0.15) is 22.0 Å². The number of benzene rings is 1. The molecule has 0 aliphatic rings. The Bertz CT molecular complexity index is 525. The minimum Gasteiger partial charge on any atom is -0.271 e. The van der Waals surface area contributed by atoms with E-state index >= 15 is 0 Å². The largest absolute Gasteiger partial charge is 0.271 e. The SMILES string of the molecule is Cc1ccc(C(NN)c2ccc(Cl)s2)cc1Cl. The van der Waals surface area contributed by atoms with Crippen molar-refractivity contribution in [1.82, 2.24) is 5.43 Å². The van der Waals surface area contributed by atoms with Crippen LogP contribution in [0, 0.1) is 6.92 Å². The van der Waals surface area contributed by atoms with E-state index in [1.54, 1.807) is 0 Å². The molecule has 0 aliphatic heterocycles. The molecule has 0 saturated heterocycles. The number of rotatable bonds is 3. The van der Waals surface area contributed by atoms with Crippen LogP contribution in [0.5, 0.6) is 0 Å². The molecule has 2 nitrogen and oxygen atoms in total. The van der Waals surface area contributed by atoms with E-state index in [2.05, 4.69) is 5.43 Å². The van der Waals surface area contributed by atoms with Gasteiger partial charge in [-0.2, -0.15) is 0 Å². The Morgan fingerprint density at radius 2 is 2.00 bits per heavy atom. The van der Waals surface area contributed by atoms with Crippen LogP contribution >= 0.6 is 34.5 Å². The number of aryl methyl sites for hydroxylation is 1. The Hall–Kier alpha value is -0.580. The first kappa shape index (κ1) is 12.9. The van der Waals surface area contributed by atoms with Gasteiger partial charge in [0.2, 0.25) is 0 Å². The molecule has 17 heavy (non-hydrogen) atoms. The zero-order valence-electron chi connectivity index (χ0n) is 9.21. The molecular formula is C12H12Cl2N2S. The van der Waals surface area contributed by atoms with E-state index in [1.807, 2.05) is 37.3 Å². The normalized spacial score (nSPS) is 12.7. The third-order valence-electron chi connectivity index (χ3n) is 2.57. The van der Waals surface area contributed by atoms with Crippen LogP contribution in [0.3, 0.4) is 0 Å². The molecule has 0 amide bonds. The second-order valence-electron chi connectivity index (χ2n) is 3.75. The monoisotopic (exact) mass is 286 g/mol. The minimum atomic E-state index is -0.0781. The zero-order chi connectivity index (χ0) is 12.4. The average Bonchev–Trinajstić information content (AvgIpc) is 2.71. The van der Waals surface area contributed by atoms with Gasteiger partial charge >= 0.3 is 0 Å². The van der Waals surface area contributed by atoms with Crippen molar-refractivity contribution in [2.24, 2.45) is 5.84 Å². The molecule has 1 aromatic heterocycles. The summed E-state index contributed by atoms with van der Waals surface area (Å²) in [4.78, 5) is 1.07. The van der Waals surface area contributed by atoms with Gasteiger partial charge in [0.05, 0.1) is 10.4 Å². The summed E-state index contributed by atoms with van der Waals surface area (Å²) in [5, 5.41) is 0.741. The van der Waals surface area contributed by atoms with E-state index in [0.717, 1.165) is 25.4 Å². The summed E-state index contributed by atoms with van der Waals surface area (Å²) < 4.78 is 0.749. The smallest absolute Gasteiger partial charge is 0.0931 e. The average molecular weight is 287 g/mol. The van der Waals surface area contributed by atoms with Gasteiger partial charge in [-0.3, -0.25) is 5.84 Å². The Morgan fingerprint density at radius 1 is 1.24 bits per heavy atom. The summed E-state index contributed by atoms with van der Waals surface area (Å²) in [5.74, 6) is 5.60. The second-order valence-corrected chi connectivity index (χ2v) is 5.90. The Kier molecular flexibility index (Phi) is 4.07. The summed E-state index contributed by atoms with van der Waals surface area (Å²) in [6.07, 6.45) is 0. The van der Waals surface area contributed by atoms with Gasteiger partial charge in [0.25, 0.3) is 0 Å². The van der Waals surface area contributed by atoms with Gasteiger partial charge in [0, 0.05) is 9.90 Å². The first-order valence-corrected chi connectivity index (χ1v) is 6.66. The fraction of sp³-hybridized carbons (Fsp3) is 0.167. The lowest BCUT2D eigenvalue weighted by Gasteiger charge is -2.15. The molecule has 1 heterocycles. The lowest BCUT2D eigenvalue weighted by atomic mass is 10.0. The molecule has 5 heteroatoms. The summed E-state index contributed by atoms with van der Waals surface area (Å²) >= 11 is 13.6. The number of hydrogen-bond donors (Lipinski definition) is 2. The zero-order valence-corrected chi connectivity index (χ0v) is 11.5. The summed E-state index contributed by atoms with van der Waals surface area (Å²) in [6.45, 7) is 1.97. The van der Waals surface area contributed by atoms with Gasteiger partial charge in [-0.05, 0) is 36.2 Å². The Balaban J connectivity index is 2.38. The molecule has 2 aromatic rings. The lowest BCUT2D eigenvalue weighted by Crippen LogP contribution is -2.28. The van der Waals surface area contributed by atoms with Crippen LogP contribution in [0.25, 0.3) is 0 Å². The van der Waals surface area contributed by atoms with E-state index in [1.165, 1.54) is 11.3 Å². The molecule has 1 unspecified atom stereocenters. The highest BCUT2D eigenvalue weighted by atomic mass is 35.5. The quantitative estimate of drug-likeness (QED) is 0.663. The van der Waals surface area contributed by atoms with Crippen LogP contribution < -0.4 is 11.3 Å². The van der Waals surface area contributed by atoms with Crippen molar-refractivity contribution in [2.75, 3.05) is 0 Å². The molecule has 0 bridgehead atoms. The highest BCUT2D eigenvalue weighted by Gasteiger charge is 2.15. The molecule has 0 spiro atoms. The van der Waals surface area contributed by atoms with Crippen molar-refractivity contribution >= 4 is 34.5 Å². The summed E-state index contributed by atoms with van der Waals surface area (Å²) in [7, 11) is 0. The summed E-state index contributed by atoms with van der Waals surface area (Å²) in [6, 6.07) is 9.67. The highest BCUT2D eigenvalue weighted by Crippen LogP contribution is 2.32. The summed E-state index contributed by atoms with van der Waals surface area (Å²) in [5.41, 5.74) is 4.87. The first-order chi connectivity index (χ1) is 8.11. The van der Waals surface area contributed by atoms with Crippen LogP contribution in [0.2, 0.25) is 9.36 Å². The molecule has 90 valence electrons. The van der Waals surface area contributed by atoms with E-state index < -0.39 is 0 Å². The van der Waals surface area contributed by atoms with E-state index in [-0.39, 0.29) is 6.04 Å². The molecular weight excluding hydrogens is 275 g/mol. The molecule has 1 aromatic carbocycles. The molecule has 2 rings (SSSR count). The van der Waals surface area contributed by atoms with Crippen molar-refractivity contribution in [3.8, 4) is 0 Å². The molecule has 1 atom stereocenters. The van der Waals surface area contributed by atoms with Gasteiger partial charge < -0.3 is 0 Å². The molecule has 3 N–H and O–H groups in total. The van der Waals surface area contributed by atoms with Gasteiger partial charge in [-0.15, -0.1) is 11.3 Å². The number of hydrogen-bond acceptors (Lipinski definition) is 3. The fourth-order valence-corrected chi connectivity index (χ4v) is 2.95. The molecule has 0 fully saturated rings. The third-order valence-corrected chi connectivity index (χ3v) is 4.28. The van der Waals surface area contributed by atoms with E-state index in [9.17, 15) is 0 Å².